The predicted octanol–water partition coefficient (Wildman–Crippen LogP) is 5.30. The van der Waals surface area contributed by atoms with Gasteiger partial charge in [0.1, 0.15) is 5.75 Å². The van der Waals surface area contributed by atoms with Crippen molar-refractivity contribution in [3.05, 3.63) is 87.6 Å². The number of fused-ring (bicyclic) bond motifs is 1. The summed E-state index contributed by atoms with van der Waals surface area (Å²) in [6.45, 7) is 0.371. The minimum Gasteiger partial charge on any atom is -0.496 e. The first-order valence-corrected chi connectivity index (χ1v) is 12.4. The zero-order valence-electron chi connectivity index (χ0n) is 18.7. The largest absolute Gasteiger partial charge is 0.496 e. The number of hydrogen-bond acceptors (Lipinski definition) is 4. The zero-order chi connectivity index (χ0) is 22.8. The molecule has 0 radical (unpaired) electrons. The summed E-state index contributed by atoms with van der Waals surface area (Å²) >= 11 is 1.62. The molecule has 1 aliphatic heterocycles. The summed E-state index contributed by atoms with van der Waals surface area (Å²) in [5.41, 5.74) is 2.39. The van der Waals surface area contributed by atoms with E-state index in [9.17, 15) is 9.59 Å². The van der Waals surface area contributed by atoms with Crippen molar-refractivity contribution in [1.29, 1.82) is 0 Å². The Hall–Kier alpha value is -3.12. The van der Waals surface area contributed by atoms with E-state index in [1.807, 2.05) is 64.9 Å². The molecule has 3 aromatic rings. The quantitative estimate of drug-likeness (QED) is 0.543. The number of ether oxygens (including phenoxy) is 1. The number of carbonyl (C=O) groups is 2. The van der Waals surface area contributed by atoms with E-state index in [0.29, 0.717) is 12.1 Å². The van der Waals surface area contributed by atoms with Gasteiger partial charge in [0.2, 0.25) is 5.91 Å². The van der Waals surface area contributed by atoms with Crippen LogP contribution in [0.25, 0.3) is 0 Å². The molecule has 1 aromatic heterocycles. The number of benzene rings is 2. The molecule has 1 fully saturated rings. The van der Waals surface area contributed by atoms with E-state index in [0.717, 1.165) is 47.4 Å². The highest BCUT2D eigenvalue weighted by atomic mass is 32.1. The summed E-state index contributed by atoms with van der Waals surface area (Å²) < 4.78 is 5.46. The van der Waals surface area contributed by atoms with Crippen LogP contribution in [0.2, 0.25) is 0 Å². The second-order valence-electron chi connectivity index (χ2n) is 8.71. The molecule has 5 rings (SSSR count). The highest BCUT2D eigenvalue weighted by Crippen LogP contribution is 2.47. The third-order valence-electron chi connectivity index (χ3n) is 6.86. The van der Waals surface area contributed by atoms with E-state index >= 15 is 0 Å². The minimum atomic E-state index is -0.465. The Labute approximate surface area is 198 Å². The number of hydrogen-bond donors (Lipinski definition) is 1. The van der Waals surface area contributed by atoms with Gasteiger partial charge in [-0.2, -0.15) is 0 Å². The maximum Gasteiger partial charge on any atom is 0.254 e. The molecule has 2 aromatic carbocycles. The smallest absolute Gasteiger partial charge is 0.254 e. The van der Waals surface area contributed by atoms with Crippen molar-refractivity contribution in [1.82, 2.24) is 10.2 Å². The second kappa shape index (κ2) is 9.40. The standard InChI is InChI=1S/C27H28N2O3S/c1-32-22-14-7-2-9-18(22)17-28-26(30)24-20-12-5-6-13-21(20)27(31)29(19-10-3-4-11-19)25(24)23-15-8-16-33-23/h2,5-9,12-16,19,24-25H,3-4,10-11,17H2,1H3,(H,28,30). The minimum absolute atomic E-state index is 0.0460. The molecule has 2 amide bonds. The molecule has 0 spiro atoms. The fraction of sp³-hybridized carbons (Fsp3) is 0.333. The van der Waals surface area contributed by atoms with Gasteiger partial charge in [-0.1, -0.05) is 55.3 Å². The lowest BCUT2D eigenvalue weighted by atomic mass is 9.80. The van der Waals surface area contributed by atoms with Gasteiger partial charge >= 0.3 is 0 Å². The molecule has 2 heterocycles. The molecule has 0 bridgehead atoms. The highest BCUT2D eigenvalue weighted by Gasteiger charge is 2.47. The van der Waals surface area contributed by atoms with Crippen LogP contribution >= 0.6 is 11.3 Å². The van der Waals surface area contributed by atoms with Crippen LogP contribution in [0.1, 0.15) is 64.0 Å². The van der Waals surface area contributed by atoms with E-state index < -0.39 is 5.92 Å². The molecule has 2 atom stereocenters. The van der Waals surface area contributed by atoms with Crippen molar-refractivity contribution >= 4 is 23.2 Å². The number of rotatable bonds is 6. The topological polar surface area (TPSA) is 58.6 Å². The maximum absolute atomic E-state index is 13.8. The van der Waals surface area contributed by atoms with Crippen molar-refractivity contribution < 1.29 is 14.3 Å². The van der Waals surface area contributed by atoms with Gasteiger partial charge < -0.3 is 15.0 Å². The summed E-state index contributed by atoms with van der Waals surface area (Å²) in [4.78, 5) is 30.6. The van der Waals surface area contributed by atoms with Crippen LogP contribution in [-0.4, -0.2) is 29.9 Å². The molecular weight excluding hydrogens is 432 g/mol. The predicted molar refractivity (Wildman–Crippen MR) is 130 cm³/mol. The molecule has 2 aliphatic rings. The number of amides is 2. The third kappa shape index (κ3) is 4.04. The molecule has 170 valence electrons. The number of nitrogens with zero attached hydrogens (tertiary/aromatic N) is 1. The first-order valence-electron chi connectivity index (χ1n) is 11.5. The number of methoxy groups -OCH3 is 1. The van der Waals surface area contributed by atoms with E-state index in [2.05, 4.69) is 11.4 Å². The molecule has 33 heavy (non-hydrogen) atoms. The Morgan fingerprint density at radius 1 is 1.06 bits per heavy atom. The SMILES string of the molecule is COc1ccccc1CNC(=O)C1c2ccccc2C(=O)N(C2CCCC2)C1c1cccs1. The molecule has 5 nitrogen and oxygen atoms in total. The summed E-state index contributed by atoms with van der Waals surface area (Å²) in [6, 6.07) is 19.2. The summed E-state index contributed by atoms with van der Waals surface area (Å²) in [5.74, 6) is 0.263. The summed E-state index contributed by atoms with van der Waals surface area (Å²) in [5, 5.41) is 5.17. The molecular formula is C27H28N2O3S. The van der Waals surface area contributed by atoms with Crippen molar-refractivity contribution in [2.24, 2.45) is 0 Å². The average Bonchev–Trinajstić information content (AvgIpc) is 3.57. The Morgan fingerprint density at radius 2 is 1.82 bits per heavy atom. The van der Waals surface area contributed by atoms with E-state index in [4.69, 9.17) is 4.74 Å². The van der Waals surface area contributed by atoms with Crippen molar-refractivity contribution in [2.45, 2.75) is 50.2 Å². The lowest BCUT2D eigenvalue weighted by molar-refractivity contribution is -0.124. The van der Waals surface area contributed by atoms with Crippen LogP contribution in [0, 0.1) is 0 Å². The lowest BCUT2D eigenvalue weighted by Gasteiger charge is -2.44. The first kappa shape index (κ1) is 21.7. The van der Waals surface area contributed by atoms with Gasteiger partial charge in [-0.05, 0) is 42.0 Å². The molecule has 1 saturated carbocycles. The van der Waals surface area contributed by atoms with Crippen LogP contribution in [0.5, 0.6) is 5.75 Å². The van der Waals surface area contributed by atoms with Gasteiger partial charge in [0.15, 0.2) is 0 Å². The van der Waals surface area contributed by atoms with Gasteiger partial charge in [-0.3, -0.25) is 9.59 Å². The van der Waals surface area contributed by atoms with Crippen molar-refractivity contribution in [3.63, 3.8) is 0 Å². The molecule has 2 unspecified atom stereocenters. The molecule has 0 saturated heterocycles. The van der Waals surface area contributed by atoms with Crippen LogP contribution in [0.3, 0.4) is 0 Å². The third-order valence-corrected chi connectivity index (χ3v) is 7.80. The molecule has 1 N–H and O–H groups in total. The number of nitrogens with one attached hydrogen (secondary N) is 1. The van der Waals surface area contributed by atoms with Gasteiger partial charge in [0, 0.05) is 28.6 Å². The second-order valence-corrected chi connectivity index (χ2v) is 9.68. The Morgan fingerprint density at radius 3 is 2.58 bits per heavy atom. The van der Waals surface area contributed by atoms with E-state index in [1.54, 1.807) is 18.4 Å². The van der Waals surface area contributed by atoms with Gasteiger partial charge in [0.25, 0.3) is 5.91 Å². The highest BCUT2D eigenvalue weighted by molar-refractivity contribution is 7.10. The average molecular weight is 461 g/mol. The number of para-hydroxylation sites is 1. The summed E-state index contributed by atoms with van der Waals surface area (Å²) in [6.07, 6.45) is 4.23. The summed E-state index contributed by atoms with van der Waals surface area (Å²) in [7, 11) is 1.63. The number of carbonyl (C=O) groups excluding carboxylic acids is 2. The fourth-order valence-electron chi connectivity index (χ4n) is 5.32. The monoisotopic (exact) mass is 460 g/mol. The Balaban J connectivity index is 1.54. The van der Waals surface area contributed by atoms with Crippen LogP contribution in [0.4, 0.5) is 0 Å². The van der Waals surface area contributed by atoms with Crippen molar-refractivity contribution in [3.8, 4) is 5.75 Å². The Kier molecular flexibility index (Phi) is 6.18. The first-order chi connectivity index (χ1) is 16.2. The van der Waals surface area contributed by atoms with Gasteiger partial charge in [-0.25, -0.2) is 0 Å². The van der Waals surface area contributed by atoms with E-state index in [1.165, 1.54) is 0 Å². The van der Waals surface area contributed by atoms with Gasteiger partial charge in [-0.15, -0.1) is 11.3 Å². The van der Waals surface area contributed by atoms with Crippen LogP contribution < -0.4 is 10.1 Å². The van der Waals surface area contributed by atoms with Crippen LogP contribution in [0.15, 0.2) is 66.0 Å². The zero-order valence-corrected chi connectivity index (χ0v) is 19.5. The lowest BCUT2D eigenvalue weighted by Crippen LogP contribution is -2.50. The van der Waals surface area contributed by atoms with Gasteiger partial charge in [0.05, 0.1) is 19.1 Å². The van der Waals surface area contributed by atoms with E-state index in [-0.39, 0.29) is 23.9 Å². The van der Waals surface area contributed by atoms with Crippen LogP contribution in [-0.2, 0) is 11.3 Å². The fourth-order valence-corrected chi connectivity index (χ4v) is 6.18. The number of thiophene rings is 1. The van der Waals surface area contributed by atoms with Crippen molar-refractivity contribution in [2.75, 3.05) is 7.11 Å². The normalized spacial score (nSPS) is 20.5. The Bertz CT molecular complexity index is 1140. The maximum atomic E-state index is 13.8. The molecule has 6 heteroatoms. The molecule has 1 aliphatic carbocycles.